The molecule has 0 aromatic heterocycles. The van der Waals surface area contributed by atoms with Gasteiger partial charge in [0.1, 0.15) is 0 Å². The standard InChI is InChI=1S/C21H33N3O2/c1-16-13-24(14-17(2)26-16)15-19-8-6-18(7-9-19)12-23-20(25)21(22)10-4-3-5-11-21/h6-9,16-17H,3-5,10-15,22H2,1-2H3,(H,23,25). The molecule has 1 aliphatic heterocycles. The number of amides is 1. The number of nitrogens with two attached hydrogens (primary N) is 1. The van der Waals surface area contributed by atoms with Gasteiger partial charge in [-0.05, 0) is 37.8 Å². The molecule has 2 aliphatic rings. The number of nitrogens with one attached hydrogen (secondary N) is 1. The monoisotopic (exact) mass is 359 g/mol. The fourth-order valence-corrected chi connectivity index (χ4v) is 4.20. The fourth-order valence-electron chi connectivity index (χ4n) is 4.20. The minimum absolute atomic E-state index is 0.00225. The van der Waals surface area contributed by atoms with E-state index in [4.69, 9.17) is 10.5 Å². The summed E-state index contributed by atoms with van der Waals surface area (Å²) >= 11 is 0. The molecule has 1 saturated heterocycles. The Morgan fingerprint density at radius 3 is 2.31 bits per heavy atom. The van der Waals surface area contributed by atoms with E-state index in [2.05, 4.69) is 48.3 Å². The Morgan fingerprint density at radius 1 is 1.12 bits per heavy atom. The van der Waals surface area contributed by atoms with Gasteiger partial charge >= 0.3 is 0 Å². The molecular formula is C21H33N3O2. The predicted octanol–water partition coefficient (Wildman–Crippen LogP) is 2.57. The number of benzene rings is 1. The Bertz CT molecular complexity index is 586. The maximum absolute atomic E-state index is 12.4. The third-order valence-electron chi connectivity index (χ3n) is 5.58. The van der Waals surface area contributed by atoms with Crippen molar-refractivity contribution in [2.75, 3.05) is 13.1 Å². The lowest BCUT2D eigenvalue weighted by Crippen LogP contribution is -2.54. The minimum atomic E-state index is -0.665. The second-order valence-electron chi connectivity index (χ2n) is 8.17. The third kappa shape index (κ3) is 5.06. The van der Waals surface area contributed by atoms with Gasteiger partial charge in [0.05, 0.1) is 17.7 Å². The van der Waals surface area contributed by atoms with Crippen LogP contribution in [0.25, 0.3) is 0 Å². The van der Waals surface area contributed by atoms with Crippen molar-refractivity contribution in [3.63, 3.8) is 0 Å². The van der Waals surface area contributed by atoms with Gasteiger partial charge in [0.15, 0.2) is 0 Å². The Kier molecular flexibility index (Phi) is 6.33. The van der Waals surface area contributed by atoms with Crippen molar-refractivity contribution in [2.24, 2.45) is 5.73 Å². The average Bonchev–Trinajstić information content (AvgIpc) is 2.60. The molecule has 5 nitrogen and oxygen atoms in total. The topological polar surface area (TPSA) is 67.6 Å². The first-order valence-corrected chi connectivity index (χ1v) is 9.97. The van der Waals surface area contributed by atoms with Crippen molar-refractivity contribution >= 4 is 5.91 Å². The summed E-state index contributed by atoms with van der Waals surface area (Å²) in [6.07, 6.45) is 5.47. The van der Waals surface area contributed by atoms with E-state index in [-0.39, 0.29) is 18.1 Å². The van der Waals surface area contributed by atoms with Gasteiger partial charge in [-0.2, -0.15) is 0 Å². The van der Waals surface area contributed by atoms with Crippen molar-refractivity contribution < 1.29 is 9.53 Å². The summed E-state index contributed by atoms with van der Waals surface area (Å²) in [4.78, 5) is 14.9. The molecule has 0 radical (unpaired) electrons. The quantitative estimate of drug-likeness (QED) is 0.848. The van der Waals surface area contributed by atoms with Gasteiger partial charge in [-0.25, -0.2) is 0 Å². The van der Waals surface area contributed by atoms with Crippen molar-refractivity contribution in [3.05, 3.63) is 35.4 Å². The summed E-state index contributed by atoms with van der Waals surface area (Å²) in [5.41, 5.74) is 8.04. The molecule has 1 heterocycles. The Morgan fingerprint density at radius 2 is 1.69 bits per heavy atom. The van der Waals surface area contributed by atoms with Crippen LogP contribution in [-0.2, 0) is 22.6 Å². The van der Waals surface area contributed by atoms with E-state index in [1.165, 1.54) is 12.0 Å². The Hall–Kier alpha value is -1.43. The van der Waals surface area contributed by atoms with Gasteiger partial charge < -0.3 is 15.8 Å². The minimum Gasteiger partial charge on any atom is -0.373 e. The highest BCUT2D eigenvalue weighted by Gasteiger charge is 2.34. The number of ether oxygens (including phenoxy) is 1. The largest absolute Gasteiger partial charge is 0.373 e. The maximum atomic E-state index is 12.4. The SMILES string of the molecule is CC1CN(Cc2ccc(CNC(=O)C3(N)CCCCC3)cc2)CC(C)O1. The Labute approximate surface area is 157 Å². The number of carbonyl (C=O) groups excluding carboxylic acids is 1. The van der Waals surface area contributed by atoms with Gasteiger partial charge in [-0.15, -0.1) is 0 Å². The number of carbonyl (C=O) groups is 1. The number of rotatable bonds is 5. The summed E-state index contributed by atoms with van der Waals surface area (Å²) in [5.74, 6) is -0.00225. The molecule has 0 spiro atoms. The van der Waals surface area contributed by atoms with Gasteiger partial charge in [0, 0.05) is 26.2 Å². The molecule has 2 atom stereocenters. The van der Waals surface area contributed by atoms with E-state index in [1.54, 1.807) is 0 Å². The summed E-state index contributed by atoms with van der Waals surface area (Å²) in [6, 6.07) is 8.52. The van der Waals surface area contributed by atoms with Crippen molar-refractivity contribution in [1.29, 1.82) is 0 Å². The van der Waals surface area contributed by atoms with Gasteiger partial charge in [0.2, 0.25) is 5.91 Å². The first-order valence-electron chi connectivity index (χ1n) is 9.97. The van der Waals surface area contributed by atoms with Gasteiger partial charge in [-0.3, -0.25) is 9.69 Å². The van der Waals surface area contributed by atoms with Crippen LogP contribution in [0.2, 0.25) is 0 Å². The molecule has 26 heavy (non-hydrogen) atoms. The average molecular weight is 360 g/mol. The summed E-state index contributed by atoms with van der Waals surface area (Å²) in [6.45, 7) is 7.69. The number of morpholine rings is 1. The lowest BCUT2D eigenvalue weighted by Gasteiger charge is -2.35. The van der Waals surface area contributed by atoms with Crippen LogP contribution in [-0.4, -0.2) is 41.6 Å². The zero-order valence-electron chi connectivity index (χ0n) is 16.2. The van der Waals surface area contributed by atoms with Crippen LogP contribution < -0.4 is 11.1 Å². The highest BCUT2D eigenvalue weighted by molar-refractivity contribution is 5.86. The molecule has 1 aliphatic carbocycles. The van der Waals surface area contributed by atoms with E-state index in [9.17, 15) is 4.79 Å². The predicted molar refractivity (Wildman–Crippen MR) is 104 cm³/mol. The molecule has 144 valence electrons. The number of hydrogen-bond donors (Lipinski definition) is 2. The molecule has 0 bridgehead atoms. The smallest absolute Gasteiger partial charge is 0.240 e. The van der Waals surface area contributed by atoms with E-state index >= 15 is 0 Å². The molecule has 5 heteroatoms. The van der Waals surface area contributed by atoms with Crippen LogP contribution in [0.4, 0.5) is 0 Å². The van der Waals surface area contributed by atoms with Gasteiger partial charge in [-0.1, -0.05) is 43.5 Å². The first-order chi connectivity index (χ1) is 12.4. The van der Waals surface area contributed by atoms with Crippen LogP contribution in [0.3, 0.4) is 0 Å². The van der Waals surface area contributed by atoms with Crippen LogP contribution in [0.15, 0.2) is 24.3 Å². The molecule has 1 aromatic carbocycles. The summed E-state index contributed by atoms with van der Waals surface area (Å²) in [7, 11) is 0. The maximum Gasteiger partial charge on any atom is 0.240 e. The second kappa shape index (κ2) is 8.51. The van der Waals surface area contributed by atoms with Crippen molar-refractivity contribution in [1.82, 2.24) is 10.2 Å². The van der Waals surface area contributed by atoms with Crippen molar-refractivity contribution in [3.8, 4) is 0 Å². The highest BCUT2D eigenvalue weighted by atomic mass is 16.5. The third-order valence-corrected chi connectivity index (χ3v) is 5.58. The molecule has 1 amide bonds. The van der Waals surface area contributed by atoms with E-state index < -0.39 is 5.54 Å². The van der Waals surface area contributed by atoms with Crippen LogP contribution in [0.1, 0.15) is 57.1 Å². The Balaban J connectivity index is 1.49. The molecule has 2 unspecified atom stereocenters. The van der Waals surface area contributed by atoms with E-state index in [1.807, 2.05) is 0 Å². The highest BCUT2D eigenvalue weighted by Crippen LogP contribution is 2.26. The fraction of sp³-hybridized carbons (Fsp3) is 0.667. The molecule has 1 aromatic rings. The summed E-state index contributed by atoms with van der Waals surface area (Å²) in [5, 5.41) is 3.03. The second-order valence-corrected chi connectivity index (χ2v) is 8.17. The lowest BCUT2D eigenvalue weighted by atomic mass is 9.82. The zero-order chi connectivity index (χ0) is 18.6. The lowest BCUT2D eigenvalue weighted by molar-refractivity contribution is -0.127. The molecule has 3 N–H and O–H groups in total. The van der Waals surface area contributed by atoms with Crippen LogP contribution in [0, 0.1) is 0 Å². The van der Waals surface area contributed by atoms with Gasteiger partial charge in [0.25, 0.3) is 0 Å². The normalized spacial score (nSPS) is 26.4. The first kappa shape index (κ1) is 19.3. The molecule has 1 saturated carbocycles. The van der Waals surface area contributed by atoms with Crippen LogP contribution in [0.5, 0.6) is 0 Å². The zero-order valence-corrected chi connectivity index (χ0v) is 16.2. The number of nitrogens with zero attached hydrogens (tertiary/aromatic N) is 1. The van der Waals surface area contributed by atoms with Crippen molar-refractivity contribution in [2.45, 2.75) is 76.8 Å². The van der Waals surface area contributed by atoms with Crippen LogP contribution >= 0.6 is 0 Å². The number of hydrogen-bond acceptors (Lipinski definition) is 4. The molecular weight excluding hydrogens is 326 g/mol. The molecule has 3 rings (SSSR count). The van der Waals surface area contributed by atoms with E-state index in [0.717, 1.165) is 50.9 Å². The molecule has 2 fully saturated rings. The summed E-state index contributed by atoms with van der Waals surface area (Å²) < 4.78 is 5.79. The van der Waals surface area contributed by atoms with E-state index in [0.29, 0.717) is 6.54 Å².